The molecule has 0 bridgehead atoms. The molecule has 50 heavy (non-hydrogen) atoms. The normalized spacial score (nSPS) is 11.6. The van der Waals surface area contributed by atoms with Crippen molar-refractivity contribution in [2.45, 2.75) is 207 Å². The Kier molecular flexibility index (Phi) is 39.6. The number of nitrogens with zero attached hydrogens (tertiary/aromatic N) is 2. The Bertz CT molecular complexity index is 691. The summed E-state index contributed by atoms with van der Waals surface area (Å²) in [5, 5.41) is 9.52. The van der Waals surface area contributed by atoms with Crippen LogP contribution in [0, 0.1) is 0 Å². The highest BCUT2D eigenvalue weighted by Crippen LogP contribution is 2.12. The quantitative estimate of drug-likeness (QED) is 0.0500. The molecule has 0 fully saturated rings. The van der Waals surface area contributed by atoms with E-state index in [0.717, 1.165) is 84.1 Å². The van der Waals surface area contributed by atoms with Crippen LogP contribution in [0.3, 0.4) is 0 Å². The highest BCUT2D eigenvalue weighted by molar-refractivity contribution is 5.69. The van der Waals surface area contributed by atoms with E-state index in [9.17, 15) is 14.7 Å². The third-order valence-electron chi connectivity index (χ3n) is 9.96. The van der Waals surface area contributed by atoms with Crippen LogP contribution in [0.25, 0.3) is 0 Å². The monoisotopic (exact) mass is 711 g/mol. The highest BCUT2D eigenvalue weighted by Gasteiger charge is 2.09. The minimum Gasteiger partial charge on any atom is -0.466 e. The first-order chi connectivity index (χ1) is 24.6. The molecular weight excluding hydrogens is 624 g/mol. The molecule has 0 unspecified atom stereocenters. The summed E-state index contributed by atoms with van der Waals surface area (Å²) in [7, 11) is 0. The number of aliphatic hydroxyl groups is 1. The van der Waals surface area contributed by atoms with Gasteiger partial charge in [-0.15, -0.1) is 0 Å². The van der Waals surface area contributed by atoms with E-state index in [2.05, 4.69) is 30.6 Å². The van der Waals surface area contributed by atoms with E-state index in [1.165, 1.54) is 122 Å². The van der Waals surface area contributed by atoms with Gasteiger partial charge in [-0.05, 0) is 77.5 Å². The van der Waals surface area contributed by atoms with Crippen molar-refractivity contribution in [2.24, 2.45) is 0 Å². The van der Waals surface area contributed by atoms with Gasteiger partial charge in [0.15, 0.2) is 0 Å². The maximum Gasteiger partial charge on any atom is 0.305 e. The van der Waals surface area contributed by atoms with Gasteiger partial charge in [-0.25, -0.2) is 0 Å². The lowest BCUT2D eigenvalue weighted by atomic mass is 10.1. The lowest BCUT2D eigenvalue weighted by Crippen LogP contribution is -2.30. The molecular formula is C43H86N2O5. The molecule has 0 atom stereocenters. The number of hydrogen-bond donors (Lipinski definition) is 1. The molecule has 7 nitrogen and oxygen atoms in total. The molecule has 0 aliphatic rings. The molecule has 7 heteroatoms. The third-order valence-corrected chi connectivity index (χ3v) is 9.96. The number of esters is 2. The van der Waals surface area contributed by atoms with Crippen LogP contribution in [0.1, 0.15) is 207 Å². The largest absolute Gasteiger partial charge is 0.466 e. The van der Waals surface area contributed by atoms with E-state index < -0.39 is 0 Å². The van der Waals surface area contributed by atoms with E-state index in [4.69, 9.17) is 9.47 Å². The van der Waals surface area contributed by atoms with Crippen molar-refractivity contribution < 1.29 is 24.2 Å². The van der Waals surface area contributed by atoms with Gasteiger partial charge in [0.25, 0.3) is 0 Å². The van der Waals surface area contributed by atoms with Crippen molar-refractivity contribution in [1.82, 2.24) is 9.80 Å². The predicted octanol–water partition coefficient (Wildman–Crippen LogP) is 11.0. The second-order valence-corrected chi connectivity index (χ2v) is 14.8. The lowest BCUT2D eigenvalue weighted by Gasteiger charge is -2.22. The third kappa shape index (κ3) is 36.6. The number of ether oxygens (including phenoxy) is 2. The summed E-state index contributed by atoms with van der Waals surface area (Å²) < 4.78 is 11.1. The number of hydrogen-bond acceptors (Lipinski definition) is 7. The van der Waals surface area contributed by atoms with Crippen LogP contribution >= 0.6 is 0 Å². The first kappa shape index (κ1) is 48.8. The van der Waals surface area contributed by atoms with Crippen LogP contribution in [0.2, 0.25) is 0 Å². The van der Waals surface area contributed by atoms with Crippen molar-refractivity contribution in [1.29, 1.82) is 0 Å². The molecule has 0 saturated carbocycles. The van der Waals surface area contributed by atoms with Gasteiger partial charge in [0, 0.05) is 25.9 Å². The van der Waals surface area contributed by atoms with Gasteiger partial charge in [0.2, 0.25) is 0 Å². The SMILES string of the molecule is CCCCCCCCCCCC(=O)OCCCCCN(CCO)CCCCCC(=O)OCCN(CCCCCCCC)CCCCCCCC. The maximum atomic E-state index is 12.4. The second kappa shape index (κ2) is 40.6. The van der Waals surface area contributed by atoms with Gasteiger partial charge in [0.1, 0.15) is 6.61 Å². The van der Waals surface area contributed by atoms with Crippen LogP contribution in [0.15, 0.2) is 0 Å². The zero-order valence-corrected chi connectivity index (χ0v) is 33.8. The molecule has 0 saturated heterocycles. The maximum absolute atomic E-state index is 12.4. The first-order valence-corrected chi connectivity index (χ1v) is 21.9. The van der Waals surface area contributed by atoms with Crippen molar-refractivity contribution >= 4 is 11.9 Å². The van der Waals surface area contributed by atoms with Crippen molar-refractivity contribution in [2.75, 3.05) is 59.1 Å². The smallest absolute Gasteiger partial charge is 0.305 e. The van der Waals surface area contributed by atoms with Crippen LogP contribution in [-0.2, 0) is 19.1 Å². The van der Waals surface area contributed by atoms with E-state index in [-0.39, 0.29) is 18.5 Å². The molecule has 0 heterocycles. The minimum atomic E-state index is -0.0647. The topological polar surface area (TPSA) is 79.3 Å². The molecule has 0 aromatic carbocycles. The zero-order valence-electron chi connectivity index (χ0n) is 33.8. The van der Waals surface area contributed by atoms with Gasteiger partial charge in [-0.2, -0.15) is 0 Å². The van der Waals surface area contributed by atoms with Gasteiger partial charge < -0.3 is 19.5 Å². The van der Waals surface area contributed by atoms with Gasteiger partial charge >= 0.3 is 11.9 Å². The van der Waals surface area contributed by atoms with Crippen molar-refractivity contribution in [3.05, 3.63) is 0 Å². The Morgan fingerprint density at radius 2 is 0.700 bits per heavy atom. The molecule has 0 rings (SSSR count). The fourth-order valence-electron chi connectivity index (χ4n) is 6.64. The molecule has 298 valence electrons. The Labute approximate surface area is 311 Å². The van der Waals surface area contributed by atoms with Crippen molar-refractivity contribution in [3.8, 4) is 0 Å². The summed E-state index contributed by atoms with van der Waals surface area (Å²) in [4.78, 5) is 29.3. The summed E-state index contributed by atoms with van der Waals surface area (Å²) in [6.45, 7) is 13.6. The van der Waals surface area contributed by atoms with Crippen LogP contribution in [-0.4, -0.2) is 85.9 Å². The molecule has 0 aliphatic carbocycles. The van der Waals surface area contributed by atoms with Gasteiger partial charge in [-0.1, -0.05) is 143 Å². The van der Waals surface area contributed by atoms with Gasteiger partial charge in [-0.3, -0.25) is 14.5 Å². The van der Waals surface area contributed by atoms with Crippen molar-refractivity contribution in [3.63, 3.8) is 0 Å². The fraction of sp³-hybridized carbons (Fsp3) is 0.953. The molecule has 0 amide bonds. The number of rotatable bonds is 41. The average molecular weight is 711 g/mol. The van der Waals surface area contributed by atoms with Crippen LogP contribution in [0.5, 0.6) is 0 Å². The Balaban J connectivity index is 3.96. The summed E-state index contributed by atoms with van der Waals surface area (Å²) in [5.41, 5.74) is 0. The summed E-state index contributed by atoms with van der Waals surface area (Å²) in [6, 6.07) is 0. The highest BCUT2D eigenvalue weighted by atomic mass is 16.5. The predicted molar refractivity (Wildman–Crippen MR) is 213 cm³/mol. The summed E-state index contributed by atoms with van der Waals surface area (Å²) in [6.07, 6.45) is 33.9. The second-order valence-electron chi connectivity index (χ2n) is 14.8. The van der Waals surface area contributed by atoms with Crippen LogP contribution < -0.4 is 0 Å². The number of aliphatic hydroxyl groups excluding tert-OH is 1. The average Bonchev–Trinajstić information content (AvgIpc) is 3.11. The molecule has 0 aliphatic heterocycles. The fourth-order valence-corrected chi connectivity index (χ4v) is 6.64. The lowest BCUT2D eigenvalue weighted by molar-refractivity contribution is -0.145. The number of unbranched alkanes of at least 4 members (excludes halogenated alkanes) is 22. The zero-order chi connectivity index (χ0) is 36.6. The number of carbonyl (C=O) groups excluding carboxylic acids is 2. The first-order valence-electron chi connectivity index (χ1n) is 21.9. The number of carbonyl (C=O) groups is 2. The van der Waals surface area contributed by atoms with E-state index in [1.807, 2.05) is 0 Å². The minimum absolute atomic E-state index is 0.0484. The Hall–Kier alpha value is -1.18. The van der Waals surface area contributed by atoms with Crippen LogP contribution in [0.4, 0.5) is 0 Å². The summed E-state index contributed by atoms with van der Waals surface area (Å²) >= 11 is 0. The summed E-state index contributed by atoms with van der Waals surface area (Å²) in [5.74, 6) is -0.113. The standard InChI is InChI=1S/C43H86N2O5/c1-4-7-10-13-16-17-18-19-24-31-42(47)49-40-30-23-29-34-44(37-39-46)33-28-22-25-32-43(48)50-41-38-45(35-26-20-14-11-8-5-2)36-27-21-15-12-9-6-3/h46H,4-41H2,1-3H3. The molecule has 0 spiro atoms. The molecule has 0 aromatic heterocycles. The Morgan fingerprint density at radius 1 is 0.380 bits per heavy atom. The molecule has 0 radical (unpaired) electrons. The van der Waals surface area contributed by atoms with E-state index in [1.54, 1.807) is 0 Å². The Morgan fingerprint density at radius 3 is 1.12 bits per heavy atom. The molecule has 0 aromatic rings. The van der Waals surface area contributed by atoms with E-state index in [0.29, 0.717) is 32.6 Å². The molecule has 1 N–H and O–H groups in total. The van der Waals surface area contributed by atoms with Gasteiger partial charge in [0.05, 0.1) is 13.2 Å². The van der Waals surface area contributed by atoms with E-state index >= 15 is 0 Å².